The molecule has 0 aliphatic heterocycles. The number of aliphatic carboxylic acids is 1. The molecule has 0 aliphatic carbocycles. The average Bonchev–Trinajstić information content (AvgIpc) is 2.49. The molecule has 116 valence electrons. The number of carbonyl (C=O) groups is 2. The number of carboxylic acid groups (broad SMARTS) is 1. The number of hydrogen-bond acceptors (Lipinski definition) is 3. The summed E-state index contributed by atoms with van der Waals surface area (Å²) in [7, 11) is 1.61. The summed E-state index contributed by atoms with van der Waals surface area (Å²) in [5.41, 5.74) is 0. The first-order valence-electron chi connectivity index (χ1n) is 6.94. The lowest BCUT2D eigenvalue weighted by Gasteiger charge is -2.22. The van der Waals surface area contributed by atoms with Gasteiger partial charge in [0.05, 0.1) is 6.42 Å². The lowest BCUT2D eigenvalue weighted by molar-refractivity contribution is -0.137. The van der Waals surface area contributed by atoms with Crippen molar-refractivity contribution in [3.63, 3.8) is 0 Å². The highest BCUT2D eigenvalue weighted by molar-refractivity contribution is 7.99. The Hall–Kier alpha value is -1.69. The predicted molar refractivity (Wildman–Crippen MR) is 84.7 cm³/mol. The monoisotopic (exact) mass is 310 g/mol. The summed E-state index contributed by atoms with van der Waals surface area (Å²) in [6.45, 7) is 2.23. The molecule has 2 amide bonds. The van der Waals surface area contributed by atoms with Crippen molar-refractivity contribution >= 4 is 23.8 Å². The van der Waals surface area contributed by atoms with E-state index in [1.54, 1.807) is 18.8 Å². The molecule has 0 heterocycles. The van der Waals surface area contributed by atoms with Gasteiger partial charge in [0.25, 0.3) is 0 Å². The van der Waals surface area contributed by atoms with Crippen molar-refractivity contribution in [2.45, 2.75) is 30.7 Å². The molecule has 0 spiro atoms. The molecule has 0 fully saturated rings. The second kappa shape index (κ2) is 9.28. The summed E-state index contributed by atoms with van der Waals surface area (Å²) in [4.78, 5) is 25.0. The molecule has 1 aromatic rings. The molecule has 0 bridgehead atoms. The van der Waals surface area contributed by atoms with Crippen LogP contribution < -0.4 is 5.32 Å². The van der Waals surface area contributed by atoms with Crippen LogP contribution in [0.15, 0.2) is 35.2 Å². The minimum Gasteiger partial charge on any atom is -0.481 e. The van der Waals surface area contributed by atoms with Gasteiger partial charge in [-0.15, -0.1) is 11.8 Å². The number of nitrogens with one attached hydrogen (secondary N) is 1. The molecule has 1 atom stereocenters. The fourth-order valence-electron chi connectivity index (χ4n) is 1.62. The molecule has 6 heteroatoms. The molecule has 0 radical (unpaired) electrons. The maximum atomic E-state index is 11.9. The maximum absolute atomic E-state index is 11.9. The second-order valence-electron chi connectivity index (χ2n) is 4.74. The van der Waals surface area contributed by atoms with Crippen LogP contribution in [0.2, 0.25) is 0 Å². The lowest BCUT2D eigenvalue weighted by atomic mass is 10.2. The number of hydrogen-bond donors (Lipinski definition) is 2. The van der Waals surface area contributed by atoms with Crippen LogP contribution in [0.25, 0.3) is 0 Å². The van der Waals surface area contributed by atoms with Gasteiger partial charge in [0, 0.05) is 30.3 Å². The Bertz CT molecular complexity index is 453. The predicted octanol–water partition coefficient (Wildman–Crippen LogP) is 2.67. The Morgan fingerprint density at radius 2 is 2.00 bits per heavy atom. The molecular weight excluding hydrogens is 288 g/mol. The van der Waals surface area contributed by atoms with Gasteiger partial charge in [-0.1, -0.05) is 25.1 Å². The van der Waals surface area contributed by atoms with Gasteiger partial charge in [-0.25, -0.2) is 4.79 Å². The van der Waals surface area contributed by atoms with E-state index < -0.39 is 5.97 Å². The number of carboxylic acids is 1. The van der Waals surface area contributed by atoms with E-state index in [1.165, 1.54) is 9.80 Å². The Kier molecular flexibility index (Phi) is 7.68. The van der Waals surface area contributed by atoms with E-state index in [4.69, 9.17) is 5.11 Å². The van der Waals surface area contributed by atoms with E-state index in [1.807, 2.05) is 37.3 Å². The number of thioether (sulfide) groups is 1. The van der Waals surface area contributed by atoms with E-state index in [2.05, 4.69) is 5.32 Å². The Morgan fingerprint density at radius 1 is 1.33 bits per heavy atom. The van der Waals surface area contributed by atoms with Crippen LogP contribution in [0, 0.1) is 0 Å². The summed E-state index contributed by atoms with van der Waals surface area (Å²) >= 11 is 1.70. The standard InChI is InChI=1S/C15H22N2O3S/c1-3-12(11-21-13-7-5-4-6-8-13)16-15(20)17(2)10-9-14(18)19/h4-8,12H,3,9-11H2,1-2H3,(H,16,20)(H,18,19). The van der Waals surface area contributed by atoms with E-state index >= 15 is 0 Å². The maximum Gasteiger partial charge on any atom is 0.317 e. The number of amides is 2. The number of nitrogens with zero attached hydrogens (tertiary/aromatic N) is 1. The van der Waals surface area contributed by atoms with Crippen molar-refractivity contribution < 1.29 is 14.7 Å². The van der Waals surface area contributed by atoms with Gasteiger partial charge in [0.2, 0.25) is 0 Å². The highest BCUT2D eigenvalue weighted by atomic mass is 32.2. The quantitative estimate of drug-likeness (QED) is 0.724. The van der Waals surface area contributed by atoms with Crippen LogP contribution in [0.3, 0.4) is 0 Å². The molecule has 2 N–H and O–H groups in total. The fourth-order valence-corrected chi connectivity index (χ4v) is 2.69. The van der Waals surface area contributed by atoms with Crippen LogP contribution in [0.5, 0.6) is 0 Å². The summed E-state index contributed by atoms with van der Waals surface area (Å²) < 4.78 is 0. The first-order valence-corrected chi connectivity index (χ1v) is 7.92. The highest BCUT2D eigenvalue weighted by Crippen LogP contribution is 2.18. The average molecular weight is 310 g/mol. The Morgan fingerprint density at radius 3 is 2.57 bits per heavy atom. The van der Waals surface area contributed by atoms with E-state index in [0.717, 1.165) is 12.2 Å². The van der Waals surface area contributed by atoms with Gasteiger partial charge in [-0.3, -0.25) is 4.79 Å². The van der Waals surface area contributed by atoms with Crippen molar-refractivity contribution in [1.29, 1.82) is 0 Å². The zero-order chi connectivity index (χ0) is 15.7. The number of urea groups is 1. The van der Waals surface area contributed by atoms with Gasteiger partial charge < -0.3 is 15.3 Å². The zero-order valence-electron chi connectivity index (χ0n) is 12.4. The van der Waals surface area contributed by atoms with Crippen molar-refractivity contribution in [3.05, 3.63) is 30.3 Å². The van der Waals surface area contributed by atoms with E-state index in [0.29, 0.717) is 0 Å². The largest absolute Gasteiger partial charge is 0.481 e. The number of carbonyl (C=O) groups excluding carboxylic acids is 1. The van der Waals surface area contributed by atoms with Crippen LogP contribution in [-0.4, -0.2) is 47.4 Å². The minimum atomic E-state index is -0.902. The van der Waals surface area contributed by atoms with E-state index in [9.17, 15) is 9.59 Å². The minimum absolute atomic E-state index is 0.0422. The van der Waals surface area contributed by atoms with Crippen LogP contribution in [-0.2, 0) is 4.79 Å². The summed E-state index contributed by atoms with van der Waals surface area (Å²) in [6, 6.07) is 9.87. The van der Waals surface area contributed by atoms with Gasteiger partial charge in [-0.2, -0.15) is 0 Å². The molecule has 5 nitrogen and oxygen atoms in total. The van der Waals surface area contributed by atoms with Gasteiger partial charge >= 0.3 is 12.0 Å². The van der Waals surface area contributed by atoms with Crippen molar-refractivity contribution in [2.24, 2.45) is 0 Å². The number of rotatable bonds is 8. The van der Waals surface area contributed by atoms with Gasteiger partial charge in [0.15, 0.2) is 0 Å². The molecule has 0 aliphatic rings. The highest BCUT2D eigenvalue weighted by Gasteiger charge is 2.15. The third kappa shape index (κ3) is 7.04. The normalized spacial score (nSPS) is 11.7. The Balaban J connectivity index is 2.38. The van der Waals surface area contributed by atoms with Crippen LogP contribution >= 0.6 is 11.8 Å². The van der Waals surface area contributed by atoms with Crippen molar-refractivity contribution in [3.8, 4) is 0 Å². The third-order valence-corrected chi connectivity index (χ3v) is 4.20. The smallest absolute Gasteiger partial charge is 0.317 e. The molecule has 1 aromatic carbocycles. The van der Waals surface area contributed by atoms with E-state index in [-0.39, 0.29) is 25.0 Å². The SMILES string of the molecule is CCC(CSc1ccccc1)NC(=O)N(C)CCC(=O)O. The molecule has 21 heavy (non-hydrogen) atoms. The molecule has 0 aromatic heterocycles. The molecular formula is C15H22N2O3S. The number of benzene rings is 1. The lowest BCUT2D eigenvalue weighted by Crippen LogP contribution is -2.44. The molecule has 0 saturated carbocycles. The van der Waals surface area contributed by atoms with Crippen LogP contribution in [0.1, 0.15) is 19.8 Å². The van der Waals surface area contributed by atoms with Crippen molar-refractivity contribution in [2.75, 3.05) is 19.3 Å². The zero-order valence-corrected chi connectivity index (χ0v) is 13.2. The molecule has 1 rings (SSSR count). The second-order valence-corrected chi connectivity index (χ2v) is 5.84. The Labute approximate surface area is 129 Å². The molecule has 1 unspecified atom stereocenters. The summed E-state index contributed by atoms with van der Waals surface area (Å²) in [5, 5.41) is 11.6. The fraction of sp³-hybridized carbons (Fsp3) is 0.467. The first-order chi connectivity index (χ1) is 10.0. The molecule has 0 saturated heterocycles. The third-order valence-electron chi connectivity index (χ3n) is 3.02. The van der Waals surface area contributed by atoms with Gasteiger partial charge in [-0.05, 0) is 18.6 Å². The first kappa shape index (κ1) is 17.4. The van der Waals surface area contributed by atoms with Gasteiger partial charge in [0.1, 0.15) is 0 Å². The summed E-state index contributed by atoms with van der Waals surface area (Å²) in [6.07, 6.45) is 0.790. The van der Waals surface area contributed by atoms with Crippen LogP contribution in [0.4, 0.5) is 4.79 Å². The summed E-state index contributed by atoms with van der Waals surface area (Å²) in [5.74, 6) is -0.111. The topological polar surface area (TPSA) is 69.6 Å². The van der Waals surface area contributed by atoms with Crippen molar-refractivity contribution in [1.82, 2.24) is 10.2 Å².